The van der Waals surface area contributed by atoms with Crippen LogP contribution in [0.2, 0.25) is 0 Å². The fourth-order valence-corrected chi connectivity index (χ4v) is 5.65. The summed E-state index contributed by atoms with van der Waals surface area (Å²) in [6.45, 7) is 1.77. The number of halogens is 2. The molecule has 1 heterocycles. The first kappa shape index (κ1) is 25.3. The van der Waals surface area contributed by atoms with Crippen LogP contribution in [-0.4, -0.2) is 57.2 Å². The summed E-state index contributed by atoms with van der Waals surface area (Å²) >= 11 is 0. The van der Waals surface area contributed by atoms with Crippen LogP contribution in [0.5, 0.6) is 17.2 Å². The third-order valence-electron chi connectivity index (χ3n) is 8.01. The second-order valence-corrected chi connectivity index (χ2v) is 10.4. The number of likely N-dealkylation sites (tertiary alicyclic amines) is 1. The van der Waals surface area contributed by atoms with Crippen molar-refractivity contribution in [1.29, 1.82) is 0 Å². The summed E-state index contributed by atoms with van der Waals surface area (Å²) in [5.41, 5.74) is -0.489. The molecule has 2 aromatic carbocycles. The van der Waals surface area contributed by atoms with E-state index in [4.69, 9.17) is 14.2 Å². The lowest BCUT2D eigenvalue weighted by molar-refractivity contribution is 0.0755. The zero-order valence-electron chi connectivity index (χ0n) is 21.1. The van der Waals surface area contributed by atoms with Gasteiger partial charge in [-0.05, 0) is 61.8 Å². The Morgan fingerprint density at radius 1 is 1.05 bits per heavy atom. The Morgan fingerprint density at radius 3 is 2.35 bits per heavy atom. The Morgan fingerprint density at radius 2 is 1.73 bits per heavy atom. The van der Waals surface area contributed by atoms with Crippen molar-refractivity contribution in [2.75, 3.05) is 40.5 Å². The Kier molecular flexibility index (Phi) is 6.96. The van der Waals surface area contributed by atoms with Crippen molar-refractivity contribution in [2.45, 2.75) is 32.1 Å². The summed E-state index contributed by atoms with van der Waals surface area (Å²) in [6, 6.07) is 8.18. The average Bonchev–Trinajstić information content (AvgIpc) is 3.55. The Balaban J connectivity index is 1.26. The third-order valence-corrected chi connectivity index (χ3v) is 8.01. The SMILES string of the molecule is COc1cc(OC)c(F)c(C(=O)N2C[C@@H]3CCC[C@]3(CNC(=O)c3ccc(OCC4CC4)cc3)C2)c1F. The van der Waals surface area contributed by atoms with Crippen LogP contribution >= 0.6 is 0 Å². The standard InChI is InChI=1S/C28H32F2N2O5/c1-35-21-12-22(36-2)25(30)23(24(21)29)27(34)32-13-19-4-3-11-28(19,16-32)15-31-26(33)18-7-9-20(10-8-18)37-14-17-5-6-17/h7-10,12,17,19H,3-6,11,13-16H2,1-2H3,(H,31,33)/t19-,28-/m0/s1. The first-order valence-electron chi connectivity index (χ1n) is 12.8. The molecule has 0 aromatic heterocycles. The molecule has 2 saturated carbocycles. The van der Waals surface area contributed by atoms with Gasteiger partial charge in [0, 0.05) is 36.7 Å². The normalized spacial score (nSPS) is 22.5. The molecule has 2 aromatic rings. The monoisotopic (exact) mass is 514 g/mol. The predicted octanol–water partition coefficient (Wildman–Crippen LogP) is 4.44. The molecule has 37 heavy (non-hydrogen) atoms. The topological polar surface area (TPSA) is 77.1 Å². The van der Waals surface area contributed by atoms with E-state index >= 15 is 0 Å². The van der Waals surface area contributed by atoms with E-state index in [-0.39, 0.29) is 28.7 Å². The van der Waals surface area contributed by atoms with E-state index in [1.165, 1.54) is 32.0 Å². The largest absolute Gasteiger partial charge is 0.494 e. The van der Waals surface area contributed by atoms with E-state index in [2.05, 4.69) is 5.32 Å². The minimum absolute atomic E-state index is 0.133. The van der Waals surface area contributed by atoms with Crippen LogP contribution in [0.25, 0.3) is 0 Å². The highest BCUT2D eigenvalue weighted by molar-refractivity contribution is 5.96. The smallest absolute Gasteiger partial charge is 0.260 e. The number of carbonyl (C=O) groups is 2. The van der Waals surface area contributed by atoms with Crippen molar-refractivity contribution < 1.29 is 32.6 Å². The number of nitrogens with zero attached hydrogens (tertiary/aromatic N) is 1. The van der Waals surface area contributed by atoms with Gasteiger partial charge in [0.05, 0.1) is 20.8 Å². The molecule has 9 heteroatoms. The Bertz CT molecular complexity index is 1160. The molecule has 198 valence electrons. The van der Waals surface area contributed by atoms with Crippen molar-refractivity contribution in [1.82, 2.24) is 10.2 Å². The molecule has 1 saturated heterocycles. The number of carbonyl (C=O) groups excluding carboxylic acids is 2. The number of fused-ring (bicyclic) bond motifs is 1. The van der Waals surface area contributed by atoms with Gasteiger partial charge >= 0.3 is 0 Å². The van der Waals surface area contributed by atoms with Crippen molar-refractivity contribution in [3.8, 4) is 17.2 Å². The van der Waals surface area contributed by atoms with E-state index < -0.39 is 23.1 Å². The second-order valence-electron chi connectivity index (χ2n) is 10.4. The molecule has 2 aliphatic carbocycles. The molecule has 3 aliphatic rings. The van der Waals surface area contributed by atoms with Crippen LogP contribution in [0, 0.1) is 28.9 Å². The van der Waals surface area contributed by atoms with Crippen LogP contribution in [0.1, 0.15) is 52.8 Å². The highest BCUT2D eigenvalue weighted by Crippen LogP contribution is 2.49. The van der Waals surface area contributed by atoms with Gasteiger partial charge in [0.2, 0.25) is 0 Å². The minimum atomic E-state index is -1.05. The van der Waals surface area contributed by atoms with Gasteiger partial charge in [-0.1, -0.05) is 6.42 Å². The van der Waals surface area contributed by atoms with Gasteiger partial charge < -0.3 is 24.4 Å². The van der Waals surface area contributed by atoms with E-state index in [1.807, 2.05) is 0 Å². The third kappa shape index (κ3) is 4.95. The fraction of sp³-hybridized carbons (Fsp3) is 0.500. The summed E-state index contributed by atoms with van der Waals surface area (Å²) < 4.78 is 45.6. The zero-order valence-corrected chi connectivity index (χ0v) is 21.1. The van der Waals surface area contributed by atoms with Gasteiger partial charge in [0.1, 0.15) is 11.3 Å². The van der Waals surface area contributed by atoms with Gasteiger partial charge in [0.15, 0.2) is 23.1 Å². The van der Waals surface area contributed by atoms with E-state index in [0.29, 0.717) is 37.7 Å². The summed E-state index contributed by atoms with van der Waals surface area (Å²) in [4.78, 5) is 27.7. The molecule has 0 unspecified atom stereocenters. The van der Waals surface area contributed by atoms with Crippen molar-refractivity contribution >= 4 is 11.8 Å². The molecule has 3 fully saturated rings. The number of methoxy groups -OCH3 is 2. The molecule has 0 bridgehead atoms. The molecular formula is C28H32F2N2O5. The minimum Gasteiger partial charge on any atom is -0.494 e. The molecule has 0 radical (unpaired) electrons. The average molecular weight is 515 g/mol. The van der Waals surface area contributed by atoms with Crippen LogP contribution in [0.15, 0.2) is 30.3 Å². The van der Waals surface area contributed by atoms with Gasteiger partial charge in [-0.25, -0.2) is 8.78 Å². The molecule has 1 aliphatic heterocycles. The predicted molar refractivity (Wildman–Crippen MR) is 132 cm³/mol. The maximum Gasteiger partial charge on any atom is 0.260 e. The summed E-state index contributed by atoms with van der Waals surface area (Å²) in [5, 5.41) is 3.04. The van der Waals surface area contributed by atoms with Crippen molar-refractivity contribution in [2.24, 2.45) is 17.3 Å². The molecule has 0 spiro atoms. The molecule has 2 atom stereocenters. The first-order valence-corrected chi connectivity index (χ1v) is 12.8. The summed E-state index contributed by atoms with van der Waals surface area (Å²) in [6.07, 6.45) is 5.11. The first-order chi connectivity index (χ1) is 17.8. The van der Waals surface area contributed by atoms with Crippen LogP contribution in [0.3, 0.4) is 0 Å². The number of amides is 2. The van der Waals surface area contributed by atoms with E-state index in [1.54, 1.807) is 24.3 Å². The van der Waals surface area contributed by atoms with Gasteiger partial charge in [-0.3, -0.25) is 9.59 Å². The van der Waals surface area contributed by atoms with Gasteiger partial charge in [0.25, 0.3) is 11.8 Å². The number of ether oxygens (including phenoxy) is 3. The van der Waals surface area contributed by atoms with Crippen LogP contribution < -0.4 is 19.5 Å². The highest BCUT2D eigenvalue weighted by Gasteiger charge is 2.51. The molecular weight excluding hydrogens is 482 g/mol. The summed E-state index contributed by atoms with van der Waals surface area (Å²) in [5.74, 6) is -2.02. The lowest BCUT2D eigenvalue weighted by Crippen LogP contribution is -2.41. The molecule has 2 amide bonds. The lowest BCUT2D eigenvalue weighted by atomic mass is 9.80. The lowest BCUT2D eigenvalue weighted by Gasteiger charge is -2.29. The second kappa shape index (κ2) is 10.2. The van der Waals surface area contributed by atoms with Crippen LogP contribution in [0.4, 0.5) is 8.78 Å². The quantitative estimate of drug-likeness (QED) is 0.535. The van der Waals surface area contributed by atoms with E-state index in [9.17, 15) is 18.4 Å². The highest BCUT2D eigenvalue weighted by atomic mass is 19.1. The Labute approximate surface area is 215 Å². The van der Waals surface area contributed by atoms with Gasteiger partial charge in [-0.2, -0.15) is 0 Å². The van der Waals surface area contributed by atoms with E-state index in [0.717, 1.165) is 31.1 Å². The number of nitrogens with one attached hydrogen (secondary N) is 1. The molecule has 5 rings (SSSR count). The van der Waals surface area contributed by atoms with Crippen molar-refractivity contribution in [3.05, 3.63) is 53.1 Å². The maximum absolute atomic E-state index is 15.0. The van der Waals surface area contributed by atoms with Gasteiger partial charge in [-0.15, -0.1) is 0 Å². The number of hydrogen-bond acceptors (Lipinski definition) is 5. The molecule has 7 nitrogen and oxygen atoms in total. The molecule has 1 N–H and O–H groups in total. The number of rotatable bonds is 9. The zero-order chi connectivity index (χ0) is 26.2. The van der Waals surface area contributed by atoms with Crippen molar-refractivity contribution in [3.63, 3.8) is 0 Å². The Hall–Kier alpha value is -3.36. The van der Waals surface area contributed by atoms with Crippen LogP contribution in [-0.2, 0) is 0 Å². The number of benzene rings is 2. The number of hydrogen-bond donors (Lipinski definition) is 1. The fourth-order valence-electron chi connectivity index (χ4n) is 5.65. The maximum atomic E-state index is 15.0. The summed E-state index contributed by atoms with van der Waals surface area (Å²) in [7, 11) is 2.49.